The molecule has 0 spiro atoms. The highest BCUT2D eigenvalue weighted by Crippen LogP contribution is 2.23. The predicted octanol–water partition coefficient (Wildman–Crippen LogP) is 4.77. The van der Waals surface area contributed by atoms with Crippen molar-refractivity contribution < 1.29 is 4.79 Å². The highest BCUT2D eigenvalue weighted by atomic mass is 35.5. The van der Waals surface area contributed by atoms with Crippen molar-refractivity contribution in [3.8, 4) is 0 Å². The van der Waals surface area contributed by atoms with Crippen molar-refractivity contribution in [2.24, 2.45) is 0 Å². The SMILES string of the molecule is CCCSc1ccccc1C(=O)NCc1ccccc1Cl. The fourth-order valence-electron chi connectivity index (χ4n) is 1.90. The van der Waals surface area contributed by atoms with Gasteiger partial charge in [0, 0.05) is 16.5 Å². The molecule has 0 heterocycles. The minimum Gasteiger partial charge on any atom is -0.348 e. The second kappa shape index (κ2) is 8.11. The lowest BCUT2D eigenvalue weighted by Gasteiger charge is -2.10. The Labute approximate surface area is 134 Å². The van der Waals surface area contributed by atoms with Crippen LogP contribution < -0.4 is 5.32 Å². The largest absolute Gasteiger partial charge is 0.348 e. The quantitative estimate of drug-likeness (QED) is 0.777. The molecule has 2 aromatic rings. The zero-order chi connectivity index (χ0) is 15.1. The molecule has 2 nitrogen and oxygen atoms in total. The predicted molar refractivity (Wildman–Crippen MR) is 90.1 cm³/mol. The van der Waals surface area contributed by atoms with Crippen LogP contribution >= 0.6 is 23.4 Å². The van der Waals surface area contributed by atoms with E-state index in [1.54, 1.807) is 11.8 Å². The number of amides is 1. The van der Waals surface area contributed by atoms with Gasteiger partial charge in [0.2, 0.25) is 0 Å². The summed E-state index contributed by atoms with van der Waals surface area (Å²) in [4.78, 5) is 13.4. The van der Waals surface area contributed by atoms with Crippen LogP contribution in [0.4, 0.5) is 0 Å². The molecule has 0 saturated carbocycles. The van der Waals surface area contributed by atoms with E-state index in [0.29, 0.717) is 11.6 Å². The molecule has 0 aliphatic carbocycles. The Morgan fingerprint density at radius 1 is 1.14 bits per heavy atom. The molecular formula is C17H18ClNOS. The third kappa shape index (κ3) is 4.51. The molecule has 0 radical (unpaired) electrons. The van der Waals surface area contributed by atoms with E-state index in [1.165, 1.54) is 0 Å². The number of hydrogen-bond acceptors (Lipinski definition) is 2. The first-order chi connectivity index (χ1) is 10.2. The second-order valence-corrected chi connectivity index (χ2v) is 6.16. The Hall–Kier alpha value is -1.45. The number of benzene rings is 2. The normalized spacial score (nSPS) is 10.4. The van der Waals surface area contributed by atoms with Gasteiger partial charge >= 0.3 is 0 Å². The van der Waals surface area contributed by atoms with Gasteiger partial charge in [-0.05, 0) is 35.9 Å². The van der Waals surface area contributed by atoms with Crippen molar-refractivity contribution in [1.29, 1.82) is 0 Å². The van der Waals surface area contributed by atoms with Crippen LogP contribution in [0.25, 0.3) is 0 Å². The average Bonchev–Trinajstić information content (AvgIpc) is 2.52. The van der Waals surface area contributed by atoms with Crippen molar-refractivity contribution in [3.05, 3.63) is 64.7 Å². The molecule has 0 fully saturated rings. The summed E-state index contributed by atoms with van der Waals surface area (Å²) in [5.74, 6) is 0.948. The number of carbonyl (C=O) groups is 1. The zero-order valence-electron chi connectivity index (χ0n) is 11.9. The van der Waals surface area contributed by atoms with Crippen LogP contribution in [0.3, 0.4) is 0 Å². The van der Waals surface area contributed by atoms with E-state index in [-0.39, 0.29) is 5.91 Å². The maximum absolute atomic E-state index is 12.3. The molecule has 21 heavy (non-hydrogen) atoms. The average molecular weight is 320 g/mol. The summed E-state index contributed by atoms with van der Waals surface area (Å²) in [6.07, 6.45) is 1.08. The fraction of sp³-hybridized carbons (Fsp3) is 0.235. The van der Waals surface area contributed by atoms with E-state index in [4.69, 9.17) is 11.6 Å². The van der Waals surface area contributed by atoms with Crippen LogP contribution in [0, 0.1) is 0 Å². The summed E-state index contributed by atoms with van der Waals surface area (Å²) in [5, 5.41) is 3.61. The van der Waals surface area contributed by atoms with Gasteiger partial charge in [0.25, 0.3) is 5.91 Å². The van der Waals surface area contributed by atoms with Gasteiger partial charge < -0.3 is 5.32 Å². The molecule has 0 bridgehead atoms. The summed E-state index contributed by atoms with van der Waals surface area (Å²) in [7, 11) is 0. The van der Waals surface area contributed by atoms with Crippen LogP contribution in [0.15, 0.2) is 53.4 Å². The standard InChI is InChI=1S/C17H18ClNOS/c1-2-11-21-16-10-6-4-8-14(16)17(20)19-12-13-7-3-5-9-15(13)18/h3-10H,2,11-12H2,1H3,(H,19,20). The van der Waals surface area contributed by atoms with Gasteiger partial charge in [-0.25, -0.2) is 0 Å². The Kier molecular flexibility index (Phi) is 6.15. The summed E-state index contributed by atoms with van der Waals surface area (Å²) in [5.41, 5.74) is 1.65. The maximum atomic E-state index is 12.3. The van der Waals surface area contributed by atoms with Gasteiger partial charge in [-0.3, -0.25) is 4.79 Å². The third-order valence-corrected chi connectivity index (χ3v) is 4.64. The summed E-state index contributed by atoms with van der Waals surface area (Å²) in [6, 6.07) is 15.2. The molecular weight excluding hydrogens is 302 g/mol. The molecule has 0 saturated heterocycles. The van der Waals surface area contributed by atoms with Gasteiger partial charge in [0.15, 0.2) is 0 Å². The smallest absolute Gasteiger partial charge is 0.252 e. The summed E-state index contributed by atoms with van der Waals surface area (Å²) in [6.45, 7) is 2.57. The number of nitrogens with one attached hydrogen (secondary N) is 1. The van der Waals surface area contributed by atoms with E-state index in [2.05, 4.69) is 12.2 Å². The highest BCUT2D eigenvalue weighted by molar-refractivity contribution is 7.99. The molecule has 0 aromatic heterocycles. The maximum Gasteiger partial charge on any atom is 0.252 e. The molecule has 1 amide bonds. The number of rotatable bonds is 6. The topological polar surface area (TPSA) is 29.1 Å². The summed E-state index contributed by atoms with van der Waals surface area (Å²) < 4.78 is 0. The van der Waals surface area contributed by atoms with Crippen LogP contribution in [0.5, 0.6) is 0 Å². The Bertz CT molecular complexity index is 615. The molecule has 2 aromatic carbocycles. The first kappa shape index (κ1) is 15.9. The van der Waals surface area contributed by atoms with Crippen molar-refractivity contribution in [2.45, 2.75) is 24.8 Å². The monoisotopic (exact) mass is 319 g/mol. The number of hydrogen-bond donors (Lipinski definition) is 1. The second-order valence-electron chi connectivity index (χ2n) is 4.62. The lowest BCUT2D eigenvalue weighted by molar-refractivity contribution is 0.0948. The van der Waals surface area contributed by atoms with E-state index in [1.807, 2.05) is 48.5 Å². The van der Waals surface area contributed by atoms with Gasteiger partial charge in [-0.15, -0.1) is 11.8 Å². The van der Waals surface area contributed by atoms with Gasteiger partial charge in [0.05, 0.1) is 5.56 Å². The Morgan fingerprint density at radius 3 is 2.62 bits per heavy atom. The number of carbonyl (C=O) groups excluding carboxylic acids is 1. The minimum atomic E-state index is -0.0610. The Morgan fingerprint density at radius 2 is 1.86 bits per heavy atom. The van der Waals surface area contributed by atoms with Gasteiger partial charge in [0.1, 0.15) is 0 Å². The van der Waals surface area contributed by atoms with Crippen molar-refractivity contribution in [3.63, 3.8) is 0 Å². The van der Waals surface area contributed by atoms with E-state index >= 15 is 0 Å². The van der Waals surface area contributed by atoms with Crippen molar-refractivity contribution >= 4 is 29.3 Å². The fourth-order valence-corrected chi connectivity index (χ4v) is 3.02. The molecule has 2 rings (SSSR count). The summed E-state index contributed by atoms with van der Waals surface area (Å²) >= 11 is 7.81. The zero-order valence-corrected chi connectivity index (χ0v) is 13.5. The van der Waals surface area contributed by atoms with Crippen LogP contribution in [-0.4, -0.2) is 11.7 Å². The molecule has 0 atom stereocenters. The van der Waals surface area contributed by atoms with Gasteiger partial charge in [-0.1, -0.05) is 48.9 Å². The van der Waals surface area contributed by atoms with Crippen molar-refractivity contribution in [2.75, 3.05) is 5.75 Å². The molecule has 1 N–H and O–H groups in total. The van der Waals surface area contributed by atoms with Crippen LogP contribution in [-0.2, 0) is 6.54 Å². The van der Waals surface area contributed by atoms with Crippen LogP contribution in [0.1, 0.15) is 29.3 Å². The molecule has 0 aliphatic rings. The highest BCUT2D eigenvalue weighted by Gasteiger charge is 2.11. The molecule has 0 aliphatic heterocycles. The number of thioether (sulfide) groups is 1. The van der Waals surface area contributed by atoms with E-state index in [0.717, 1.165) is 28.2 Å². The minimum absolute atomic E-state index is 0.0610. The Balaban J connectivity index is 2.05. The van der Waals surface area contributed by atoms with E-state index in [9.17, 15) is 4.79 Å². The first-order valence-corrected chi connectivity index (χ1v) is 8.32. The molecule has 0 unspecified atom stereocenters. The molecule has 4 heteroatoms. The molecule has 110 valence electrons. The first-order valence-electron chi connectivity index (χ1n) is 6.95. The number of halogens is 1. The third-order valence-electron chi connectivity index (χ3n) is 2.99. The van der Waals surface area contributed by atoms with Gasteiger partial charge in [-0.2, -0.15) is 0 Å². The van der Waals surface area contributed by atoms with E-state index < -0.39 is 0 Å². The van der Waals surface area contributed by atoms with Crippen LogP contribution in [0.2, 0.25) is 5.02 Å². The lowest BCUT2D eigenvalue weighted by Crippen LogP contribution is -2.23. The van der Waals surface area contributed by atoms with Crippen molar-refractivity contribution in [1.82, 2.24) is 5.32 Å². The lowest BCUT2D eigenvalue weighted by atomic mass is 10.2.